The van der Waals surface area contributed by atoms with Crippen molar-refractivity contribution in [2.75, 3.05) is 0 Å². The first-order valence-electron chi connectivity index (χ1n) is 3.61. The number of rotatable bonds is 2. The van der Waals surface area contributed by atoms with E-state index in [-0.39, 0.29) is 17.4 Å². The molecule has 0 N–H and O–H groups in total. The lowest BCUT2D eigenvalue weighted by Crippen LogP contribution is -2.35. The molecule has 0 saturated heterocycles. The molecule has 1 aromatic rings. The zero-order valence-electron chi connectivity index (χ0n) is 7.57. The Morgan fingerprint density at radius 3 is 2.69 bits per heavy atom. The molecule has 0 bridgehead atoms. The number of carbonyl (C=O) groups is 1. The molecule has 13 heavy (non-hydrogen) atoms. The van der Waals surface area contributed by atoms with Crippen molar-refractivity contribution in [3.8, 4) is 0 Å². The lowest BCUT2D eigenvalue weighted by molar-refractivity contribution is -0.741. The third kappa shape index (κ3) is 1.90. The molecule has 0 aliphatic heterocycles. The van der Waals surface area contributed by atoms with E-state index in [1.165, 1.54) is 18.5 Å². The summed E-state index contributed by atoms with van der Waals surface area (Å²) in [5, 5.41) is 14.1. The number of nitrogens with zero attached hydrogens (tertiary/aromatic N) is 3. The predicted molar refractivity (Wildman–Crippen MR) is 40.5 cm³/mol. The van der Waals surface area contributed by atoms with Crippen LogP contribution in [0.5, 0.6) is 0 Å². The Morgan fingerprint density at radius 1 is 1.62 bits per heavy atom. The van der Waals surface area contributed by atoms with Gasteiger partial charge in [0.05, 0.1) is 0 Å². The summed E-state index contributed by atoms with van der Waals surface area (Å²) in [5.41, 5.74) is 0.190. The second-order valence-electron chi connectivity index (χ2n) is 2.54. The molecule has 0 unspecified atom stereocenters. The molecule has 0 aliphatic carbocycles. The van der Waals surface area contributed by atoms with Crippen molar-refractivity contribution in [2.45, 2.75) is 13.8 Å². The summed E-state index contributed by atoms with van der Waals surface area (Å²) in [6.07, 6.45) is 0. The highest BCUT2D eigenvalue weighted by Crippen LogP contribution is 2.14. The highest BCUT2D eigenvalue weighted by Gasteiger charge is 2.25. The van der Waals surface area contributed by atoms with Crippen molar-refractivity contribution in [3.05, 3.63) is 5.69 Å². The normalized spacial score (nSPS) is 11.8. The molecular formula is C7H9N3O3. The average molecular weight is 183 g/mol. The SMILES string of the molecule is CC(=O)c1c(/N=C(\C)[O-])on[n+]1C. The summed E-state index contributed by atoms with van der Waals surface area (Å²) in [4.78, 5) is 14.5. The zero-order valence-corrected chi connectivity index (χ0v) is 7.57. The number of aryl methyl sites for hydroxylation is 1. The number of Topliss-reactive ketones (excluding diaryl/α,β-unsaturated/α-hetero) is 1. The first-order chi connectivity index (χ1) is 6.02. The van der Waals surface area contributed by atoms with Crippen molar-refractivity contribution in [3.63, 3.8) is 0 Å². The molecule has 0 spiro atoms. The Morgan fingerprint density at radius 2 is 2.23 bits per heavy atom. The molecule has 0 saturated carbocycles. The van der Waals surface area contributed by atoms with Crippen LogP contribution in [0.1, 0.15) is 24.3 Å². The van der Waals surface area contributed by atoms with Gasteiger partial charge in [0, 0.05) is 6.92 Å². The van der Waals surface area contributed by atoms with Gasteiger partial charge < -0.3 is 5.11 Å². The molecule has 0 amide bonds. The Labute approximate surface area is 74.5 Å². The van der Waals surface area contributed by atoms with Crippen molar-refractivity contribution in [1.82, 2.24) is 5.27 Å². The molecule has 1 heterocycles. The third-order valence-corrected chi connectivity index (χ3v) is 1.37. The van der Waals surface area contributed by atoms with Gasteiger partial charge in [-0.1, -0.05) is 0 Å². The summed E-state index contributed by atoms with van der Waals surface area (Å²) in [7, 11) is 1.54. The molecular weight excluding hydrogens is 174 g/mol. The highest BCUT2D eigenvalue weighted by molar-refractivity contribution is 5.94. The maximum absolute atomic E-state index is 11.0. The van der Waals surface area contributed by atoms with Gasteiger partial charge >= 0.3 is 11.6 Å². The van der Waals surface area contributed by atoms with Gasteiger partial charge in [-0.2, -0.15) is 0 Å². The first kappa shape index (κ1) is 9.37. The van der Waals surface area contributed by atoms with Crippen LogP contribution in [0, 0.1) is 0 Å². The van der Waals surface area contributed by atoms with Crippen LogP contribution in [0.25, 0.3) is 0 Å². The van der Waals surface area contributed by atoms with Crippen LogP contribution in [-0.2, 0) is 7.05 Å². The second kappa shape index (κ2) is 3.34. The smallest absolute Gasteiger partial charge is 0.341 e. The number of hydrogen-bond acceptors (Lipinski definition) is 5. The summed E-state index contributed by atoms with van der Waals surface area (Å²) in [6.45, 7) is 2.62. The van der Waals surface area contributed by atoms with Gasteiger partial charge in [0.2, 0.25) is 11.1 Å². The summed E-state index contributed by atoms with van der Waals surface area (Å²) in [5.74, 6) is -0.717. The van der Waals surface area contributed by atoms with Crippen molar-refractivity contribution >= 4 is 17.6 Å². The number of aromatic nitrogens is 2. The molecule has 70 valence electrons. The lowest BCUT2D eigenvalue weighted by atomic mass is 10.3. The van der Waals surface area contributed by atoms with Gasteiger partial charge in [-0.3, -0.25) is 9.32 Å². The molecule has 1 aromatic heterocycles. The fourth-order valence-electron chi connectivity index (χ4n) is 0.917. The van der Waals surface area contributed by atoms with Gasteiger partial charge in [-0.25, -0.2) is 4.99 Å². The maximum Gasteiger partial charge on any atom is 0.341 e. The van der Waals surface area contributed by atoms with E-state index in [1.807, 2.05) is 0 Å². The summed E-state index contributed by atoms with van der Waals surface area (Å²) < 4.78 is 5.91. The molecule has 0 atom stereocenters. The van der Waals surface area contributed by atoms with Crippen molar-refractivity contribution < 1.29 is 19.1 Å². The largest absolute Gasteiger partial charge is 0.862 e. The van der Waals surface area contributed by atoms with Crippen molar-refractivity contribution in [1.29, 1.82) is 0 Å². The van der Waals surface area contributed by atoms with Crippen LogP contribution in [0.4, 0.5) is 5.88 Å². The van der Waals surface area contributed by atoms with Crippen LogP contribution in [-0.4, -0.2) is 17.0 Å². The van der Waals surface area contributed by atoms with Crippen LogP contribution >= 0.6 is 0 Å². The van der Waals surface area contributed by atoms with Crippen LogP contribution in [0.3, 0.4) is 0 Å². The topological polar surface area (TPSA) is 82.4 Å². The number of hydrogen-bond donors (Lipinski definition) is 0. The zero-order chi connectivity index (χ0) is 10.0. The fraction of sp³-hybridized carbons (Fsp3) is 0.429. The van der Waals surface area contributed by atoms with E-state index in [0.717, 1.165) is 0 Å². The Kier molecular flexibility index (Phi) is 2.41. The summed E-state index contributed by atoms with van der Waals surface area (Å²) in [6, 6.07) is 0. The van der Waals surface area contributed by atoms with E-state index in [0.29, 0.717) is 0 Å². The van der Waals surface area contributed by atoms with E-state index >= 15 is 0 Å². The minimum absolute atomic E-state index is 0.0394. The lowest BCUT2D eigenvalue weighted by Gasteiger charge is -1.97. The minimum Gasteiger partial charge on any atom is -0.862 e. The van der Waals surface area contributed by atoms with Gasteiger partial charge in [0.1, 0.15) is 0 Å². The van der Waals surface area contributed by atoms with Gasteiger partial charge in [-0.05, 0) is 17.5 Å². The molecule has 0 radical (unpaired) electrons. The van der Waals surface area contributed by atoms with E-state index in [4.69, 9.17) is 0 Å². The Balaban J connectivity index is 3.23. The van der Waals surface area contributed by atoms with E-state index < -0.39 is 5.90 Å². The van der Waals surface area contributed by atoms with E-state index in [9.17, 15) is 9.90 Å². The average Bonchev–Trinajstić information content (AvgIpc) is 2.30. The van der Waals surface area contributed by atoms with E-state index in [1.54, 1.807) is 7.05 Å². The Bertz CT molecular complexity index is 363. The van der Waals surface area contributed by atoms with E-state index in [2.05, 4.69) is 14.8 Å². The third-order valence-electron chi connectivity index (χ3n) is 1.37. The van der Waals surface area contributed by atoms with Crippen LogP contribution in [0.15, 0.2) is 9.52 Å². The quantitative estimate of drug-likeness (QED) is 0.258. The van der Waals surface area contributed by atoms with Gasteiger partial charge in [0.15, 0.2) is 7.05 Å². The number of ketones is 1. The van der Waals surface area contributed by atoms with Gasteiger partial charge in [0.25, 0.3) is 0 Å². The standard InChI is InChI=1S/C7H9N3O3/c1-4(11)6-7(8-5(2)12)13-9-10(6)3/h1-3H3. The maximum atomic E-state index is 11.0. The molecule has 6 heteroatoms. The highest BCUT2D eigenvalue weighted by atomic mass is 16.5. The van der Waals surface area contributed by atoms with Crippen molar-refractivity contribution in [2.24, 2.45) is 12.0 Å². The van der Waals surface area contributed by atoms with Crippen LogP contribution in [0.2, 0.25) is 0 Å². The molecule has 0 fully saturated rings. The van der Waals surface area contributed by atoms with Gasteiger partial charge in [-0.15, -0.1) is 0 Å². The molecule has 6 nitrogen and oxygen atoms in total. The monoisotopic (exact) mass is 183 g/mol. The summed E-state index contributed by atoms with van der Waals surface area (Å²) >= 11 is 0. The first-order valence-corrected chi connectivity index (χ1v) is 3.61. The Hall–Kier alpha value is -1.72. The minimum atomic E-state index is -0.431. The molecule has 0 aliphatic rings. The second-order valence-corrected chi connectivity index (χ2v) is 2.54. The number of carbonyl (C=O) groups excluding carboxylic acids is 1. The van der Waals surface area contributed by atoms with Crippen LogP contribution < -0.4 is 9.79 Å². The molecule has 1 rings (SSSR count). The fourth-order valence-corrected chi connectivity index (χ4v) is 0.917. The predicted octanol–water partition coefficient (Wildman–Crippen LogP) is -0.888. The number of aliphatic imine (C=N–C) groups is 1. The molecule has 0 aromatic carbocycles.